The lowest BCUT2D eigenvalue weighted by Crippen LogP contribution is -2.58. The molecule has 1 saturated heterocycles. The number of nitrogens with zero attached hydrogens (tertiary/aromatic N) is 2. The van der Waals surface area contributed by atoms with Crippen LogP contribution in [0, 0.1) is 5.82 Å². The maximum absolute atomic E-state index is 13.2. The average Bonchev–Trinajstić information content (AvgIpc) is 2.76. The lowest BCUT2D eigenvalue weighted by Gasteiger charge is -2.44. The number of rotatable bonds is 8. The van der Waals surface area contributed by atoms with E-state index in [0.29, 0.717) is 49.6 Å². The van der Waals surface area contributed by atoms with E-state index in [-0.39, 0.29) is 30.4 Å². The molecule has 3 rings (SSSR count). The van der Waals surface area contributed by atoms with E-state index >= 15 is 0 Å². The zero-order valence-corrected chi connectivity index (χ0v) is 18.2. The Kier molecular flexibility index (Phi) is 7.63. The summed E-state index contributed by atoms with van der Waals surface area (Å²) in [5.74, 6) is 0.363. The summed E-state index contributed by atoms with van der Waals surface area (Å²) in [7, 11) is 0. The van der Waals surface area contributed by atoms with Crippen LogP contribution >= 0.6 is 0 Å². The molecule has 6 nitrogen and oxygen atoms in total. The first-order chi connectivity index (χ1) is 14.9. The minimum Gasteiger partial charge on any atom is -0.490 e. The maximum Gasteiger partial charge on any atom is 0.260 e. The number of aldehydes is 1. The fourth-order valence-electron chi connectivity index (χ4n) is 3.86. The molecule has 2 aromatic carbocycles. The number of amides is 1. The van der Waals surface area contributed by atoms with Gasteiger partial charge in [0.05, 0.1) is 12.2 Å². The van der Waals surface area contributed by atoms with Crippen LogP contribution < -0.4 is 9.47 Å². The van der Waals surface area contributed by atoms with E-state index in [1.807, 2.05) is 18.7 Å². The highest BCUT2D eigenvalue weighted by Gasteiger charge is 2.32. The standard InChI is InChI=1S/C24H29FN2O4/c1-4-30-22-7-5-6-20(15-28)24(22)31-16-23(29)27-13-17(2)26(12-18(27)3)14-19-8-10-21(25)11-9-19/h5-11,15,17-18H,4,12-14,16H2,1-3H3/t17-,18+/m0/s1. The smallest absolute Gasteiger partial charge is 0.260 e. The molecule has 0 bridgehead atoms. The van der Waals surface area contributed by atoms with Gasteiger partial charge < -0.3 is 14.4 Å². The number of carbonyl (C=O) groups is 2. The van der Waals surface area contributed by atoms with Gasteiger partial charge in [-0.1, -0.05) is 18.2 Å². The van der Waals surface area contributed by atoms with Crippen molar-refractivity contribution >= 4 is 12.2 Å². The first-order valence-electron chi connectivity index (χ1n) is 10.5. The topological polar surface area (TPSA) is 59.1 Å². The van der Waals surface area contributed by atoms with Crippen molar-refractivity contribution in [3.8, 4) is 11.5 Å². The van der Waals surface area contributed by atoms with Crippen molar-refractivity contribution in [2.24, 2.45) is 0 Å². The predicted octanol–water partition coefficient (Wildman–Crippen LogP) is 3.54. The van der Waals surface area contributed by atoms with Crippen LogP contribution in [0.15, 0.2) is 42.5 Å². The molecule has 1 aliphatic rings. The third-order valence-electron chi connectivity index (χ3n) is 5.51. The molecule has 0 radical (unpaired) electrons. The van der Waals surface area contributed by atoms with Crippen molar-refractivity contribution in [2.75, 3.05) is 26.3 Å². The zero-order valence-electron chi connectivity index (χ0n) is 18.2. The molecule has 1 aliphatic heterocycles. The van der Waals surface area contributed by atoms with E-state index in [1.165, 1.54) is 12.1 Å². The summed E-state index contributed by atoms with van der Waals surface area (Å²) >= 11 is 0. The van der Waals surface area contributed by atoms with Crippen molar-refractivity contribution < 1.29 is 23.5 Å². The Morgan fingerprint density at radius 1 is 1.10 bits per heavy atom. The molecule has 1 amide bonds. The van der Waals surface area contributed by atoms with Gasteiger partial charge in [-0.2, -0.15) is 0 Å². The van der Waals surface area contributed by atoms with E-state index in [0.717, 1.165) is 5.56 Å². The van der Waals surface area contributed by atoms with Crippen LogP contribution in [0.3, 0.4) is 0 Å². The Balaban J connectivity index is 1.62. The maximum atomic E-state index is 13.2. The third-order valence-corrected chi connectivity index (χ3v) is 5.51. The minimum atomic E-state index is -0.246. The number of piperazine rings is 1. The molecule has 2 atom stereocenters. The van der Waals surface area contributed by atoms with Crippen LogP contribution in [0.5, 0.6) is 11.5 Å². The second-order valence-electron chi connectivity index (χ2n) is 7.81. The van der Waals surface area contributed by atoms with E-state index in [4.69, 9.17) is 9.47 Å². The molecule has 31 heavy (non-hydrogen) atoms. The van der Waals surface area contributed by atoms with Crippen LogP contribution in [0.2, 0.25) is 0 Å². The van der Waals surface area contributed by atoms with Gasteiger partial charge in [0.25, 0.3) is 5.91 Å². The Labute approximate surface area is 182 Å². The zero-order chi connectivity index (χ0) is 22.4. The van der Waals surface area contributed by atoms with Gasteiger partial charge in [0.2, 0.25) is 0 Å². The molecule has 0 unspecified atom stereocenters. The van der Waals surface area contributed by atoms with E-state index in [2.05, 4.69) is 11.8 Å². The molecule has 0 aromatic heterocycles. The van der Waals surface area contributed by atoms with Gasteiger partial charge in [-0.15, -0.1) is 0 Å². The molecule has 2 aromatic rings. The predicted molar refractivity (Wildman–Crippen MR) is 116 cm³/mol. The first kappa shape index (κ1) is 22.7. The van der Waals surface area contributed by atoms with Crippen molar-refractivity contribution in [3.63, 3.8) is 0 Å². The van der Waals surface area contributed by atoms with Crippen molar-refractivity contribution in [1.82, 2.24) is 9.80 Å². The summed E-state index contributed by atoms with van der Waals surface area (Å²) in [5, 5.41) is 0. The summed E-state index contributed by atoms with van der Waals surface area (Å²) in [6.45, 7) is 8.17. The Morgan fingerprint density at radius 3 is 2.52 bits per heavy atom. The molecular weight excluding hydrogens is 399 g/mol. The highest BCUT2D eigenvalue weighted by Crippen LogP contribution is 2.30. The molecular formula is C24H29FN2O4. The van der Waals surface area contributed by atoms with Crippen molar-refractivity contribution in [3.05, 3.63) is 59.4 Å². The monoisotopic (exact) mass is 428 g/mol. The number of para-hydroxylation sites is 1. The minimum absolute atomic E-state index is 0.000394. The number of halogens is 1. The van der Waals surface area contributed by atoms with E-state index in [1.54, 1.807) is 30.3 Å². The number of hydrogen-bond donors (Lipinski definition) is 0. The largest absolute Gasteiger partial charge is 0.490 e. The fourth-order valence-corrected chi connectivity index (χ4v) is 3.86. The lowest BCUT2D eigenvalue weighted by molar-refractivity contribution is -0.139. The van der Waals surface area contributed by atoms with Gasteiger partial charge in [-0.05, 0) is 50.6 Å². The molecule has 0 N–H and O–H groups in total. The van der Waals surface area contributed by atoms with Crippen LogP contribution in [-0.4, -0.2) is 60.4 Å². The van der Waals surface area contributed by atoms with Crippen LogP contribution in [0.1, 0.15) is 36.7 Å². The van der Waals surface area contributed by atoms with Crippen molar-refractivity contribution in [2.45, 2.75) is 39.4 Å². The third kappa shape index (κ3) is 5.61. The number of hydrogen-bond acceptors (Lipinski definition) is 5. The summed E-state index contributed by atoms with van der Waals surface area (Å²) < 4.78 is 24.4. The second kappa shape index (κ2) is 10.4. The molecule has 1 fully saturated rings. The van der Waals surface area contributed by atoms with Gasteiger partial charge in [0.15, 0.2) is 24.4 Å². The summed E-state index contributed by atoms with van der Waals surface area (Å²) in [6.07, 6.45) is 0.696. The van der Waals surface area contributed by atoms with E-state index in [9.17, 15) is 14.0 Å². The molecule has 166 valence electrons. The summed E-state index contributed by atoms with van der Waals surface area (Å²) in [5.41, 5.74) is 1.39. The van der Waals surface area contributed by atoms with Gasteiger partial charge >= 0.3 is 0 Å². The highest BCUT2D eigenvalue weighted by atomic mass is 19.1. The second-order valence-corrected chi connectivity index (χ2v) is 7.81. The first-order valence-corrected chi connectivity index (χ1v) is 10.5. The highest BCUT2D eigenvalue weighted by molar-refractivity contribution is 5.82. The van der Waals surface area contributed by atoms with Gasteiger partial charge in [-0.3, -0.25) is 14.5 Å². The molecule has 1 heterocycles. The molecule has 7 heteroatoms. The lowest BCUT2D eigenvalue weighted by atomic mass is 10.1. The summed E-state index contributed by atoms with van der Waals surface area (Å²) in [6, 6.07) is 11.7. The SMILES string of the molecule is CCOc1cccc(C=O)c1OCC(=O)N1C[C@H](C)N(Cc2ccc(F)cc2)C[C@H]1C. The Hall–Kier alpha value is -2.93. The Bertz CT molecular complexity index is 903. The number of ether oxygens (including phenoxy) is 2. The number of benzene rings is 2. The Morgan fingerprint density at radius 2 is 1.84 bits per heavy atom. The van der Waals surface area contributed by atoms with Gasteiger partial charge in [0, 0.05) is 31.7 Å². The quantitative estimate of drug-likeness (QED) is 0.602. The van der Waals surface area contributed by atoms with Crippen LogP contribution in [-0.2, 0) is 11.3 Å². The van der Waals surface area contributed by atoms with Gasteiger partial charge in [0.1, 0.15) is 5.82 Å². The normalized spacial score (nSPS) is 19.2. The fraction of sp³-hybridized carbons (Fsp3) is 0.417. The molecule has 0 spiro atoms. The van der Waals surface area contributed by atoms with Crippen LogP contribution in [0.25, 0.3) is 0 Å². The van der Waals surface area contributed by atoms with E-state index < -0.39 is 0 Å². The van der Waals surface area contributed by atoms with Crippen molar-refractivity contribution in [1.29, 1.82) is 0 Å². The molecule has 0 saturated carbocycles. The average molecular weight is 429 g/mol. The summed E-state index contributed by atoms with van der Waals surface area (Å²) in [4.78, 5) is 28.4. The number of carbonyl (C=O) groups excluding carboxylic acids is 2. The van der Waals surface area contributed by atoms with Crippen LogP contribution in [0.4, 0.5) is 4.39 Å². The van der Waals surface area contributed by atoms with Gasteiger partial charge in [-0.25, -0.2) is 4.39 Å². The molecule has 0 aliphatic carbocycles.